The summed E-state index contributed by atoms with van der Waals surface area (Å²) in [6, 6.07) is 8.47. The normalized spacial score (nSPS) is 11.6. The van der Waals surface area contributed by atoms with Gasteiger partial charge in [0.25, 0.3) is 0 Å². The van der Waals surface area contributed by atoms with Crippen LogP contribution in [0.5, 0.6) is 0 Å². The van der Waals surface area contributed by atoms with Crippen molar-refractivity contribution in [3.63, 3.8) is 0 Å². The standard InChI is InChI=1S/C10H8N6O2S/c17-19(18,15-8-4-2-1-3-5-8)16-13-9-6-11-7-12-10(9)14-16/h1-7,15H. The SMILES string of the molecule is O=S(=O)(Nc1ccccc1)n1nc2cncnc2n1. The first kappa shape index (κ1) is 11.5. The Morgan fingerprint density at radius 3 is 2.63 bits per heavy atom. The number of nitrogens with one attached hydrogen (secondary N) is 1. The van der Waals surface area contributed by atoms with Crippen molar-refractivity contribution in [2.75, 3.05) is 4.72 Å². The maximum Gasteiger partial charge on any atom is 0.359 e. The maximum absolute atomic E-state index is 12.0. The molecule has 0 amide bonds. The molecular weight excluding hydrogens is 268 g/mol. The number of hydrogen-bond acceptors (Lipinski definition) is 6. The Hall–Kier alpha value is -2.55. The minimum Gasteiger partial charge on any atom is -0.264 e. The molecule has 9 heteroatoms. The quantitative estimate of drug-likeness (QED) is 0.744. The first-order valence-corrected chi connectivity index (χ1v) is 6.70. The Morgan fingerprint density at radius 2 is 1.89 bits per heavy atom. The van der Waals surface area contributed by atoms with Gasteiger partial charge in [0.1, 0.15) is 6.33 Å². The summed E-state index contributed by atoms with van der Waals surface area (Å²) >= 11 is 0. The van der Waals surface area contributed by atoms with Gasteiger partial charge in [-0.3, -0.25) is 4.72 Å². The fourth-order valence-corrected chi connectivity index (χ4v) is 2.36. The molecule has 0 spiro atoms. The fourth-order valence-electron chi connectivity index (χ4n) is 1.46. The zero-order valence-electron chi connectivity index (χ0n) is 9.50. The lowest BCUT2D eigenvalue weighted by molar-refractivity contribution is 0.576. The summed E-state index contributed by atoms with van der Waals surface area (Å²) in [4.78, 5) is 7.57. The Kier molecular flexibility index (Phi) is 2.60. The van der Waals surface area contributed by atoms with E-state index in [0.717, 1.165) is 0 Å². The zero-order chi connectivity index (χ0) is 13.3. The van der Waals surface area contributed by atoms with Crippen molar-refractivity contribution in [1.82, 2.24) is 24.4 Å². The van der Waals surface area contributed by atoms with Crippen LogP contribution >= 0.6 is 0 Å². The van der Waals surface area contributed by atoms with Crippen LogP contribution in [0.15, 0.2) is 42.9 Å². The van der Waals surface area contributed by atoms with Gasteiger partial charge in [-0.15, -0.1) is 10.2 Å². The molecule has 0 saturated heterocycles. The Bertz CT molecular complexity index is 781. The average molecular weight is 276 g/mol. The minimum atomic E-state index is -3.90. The van der Waals surface area contributed by atoms with Gasteiger partial charge < -0.3 is 0 Å². The third kappa shape index (κ3) is 2.22. The third-order valence-electron chi connectivity index (χ3n) is 2.28. The van der Waals surface area contributed by atoms with Crippen LogP contribution in [-0.2, 0) is 10.2 Å². The van der Waals surface area contributed by atoms with Crippen LogP contribution in [0.4, 0.5) is 5.69 Å². The van der Waals surface area contributed by atoms with Crippen LogP contribution in [0.25, 0.3) is 11.2 Å². The summed E-state index contributed by atoms with van der Waals surface area (Å²) in [6.07, 6.45) is 2.67. The van der Waals surface area contributed by atoms with Gasteiger partial charge in [-0.05, 0) is 16.3 Å². The van der Waals surface area contributed by atoms with Gasteiger partial charge in [0.15, 0.2) is 5.52 Å². The van der Waals surface area contributed by atoms with Crippen molar-refractivity contribution >= 4 is 27.1 Å². The van der Waals surface area contributed by atoms with Crippen LogP contribution in [0.3, 0.4) is 0 Å². The second kappa shape index (κ2) is 4.28. The second-order valence-corrected chi connectivity index (χ2v) is 5.11. The molecule has 0 unspecified atom stereocenters. The monoisotopic (exact) mass is 276 g/mol. The van der Waals surface area contributed by atoms with Gasteiger partial charge in [0, 0.05) is 0 Å². The number of anilines is 1. The van der Waals surface area contributed by atoms with E-state index in [-0.39, 0.29) is 5.65 Å². The highest BCUT2D eigenvalue weighted by Gasteiger charge is 2.17. The number of rotatable bonds is 3. The van der Waals surface area contributed by atoms with Crippen LogP contribution < -0.4 is 4.72 Å². The first-order valence-electron chi connectivity index (χ1n) is 5.26. The number of aromatic nitrogens is 5. The van der Waals surface area contributed by atoms with E-state index < -0.39 is 10.2 Å². The van der Waals surface area contributed by atoms with E-state index in [1.165, 1.54) is 12.5 Å². The molecule has 0 fully saturated rings. The summed E-state index contributed by atoms with van der Waals surface area (Å²) in [5.74, 6) is 0. The lowest BCUT2D eigenvalue weighted by Crippen LogP contribution is -2.23. The summed E-state index contributed by atoms with van der Waals surface area (Å²) in [5, 5.41) is 7.60. The van der Waals surface area contributed by atoms with E-state index in [2.05, 4.69) is 24.9 Å². The minimum absolute atomic E-state index is 0.216. The molecule has 2 aromatic heterocycles. The molecule has 1 N–H and O–H groups in total. The molecule has 8 nitrogen and oxygen atoms in total. The number of para-hydroxylation sites is 1. The largest absolute Gasteiger partial charge is 0.359 e. The molecule has 3 rings (SSSR count). The highest BCUT2D eigenvalue weighted by molar-refractivity contribution is 7.91. The first-order chi connectivity index (χ1) is 9.15. The van der Waals surface area contributed by atoms with Gasteiger partial charge in [0.2, 0.25) is 5.65 Å². The lowest BCUT2D eigenvalue weighted by atomic mass is 10.3. The Morgan fingerprint density at radius 1 is 1.11 bits per heavy atom. The van der Waals surface area contributed by atoms with Crippen LogP contribution in [0.1, 0.15) is 0 Å². The molecular formula is C10H8N6O2S. The predicted octanol–water partition coefficient (Wildman–Crippen LogP) is 0.426. The predicted molar refractivity (Wildman–Crippen MR) is 67.5 cm³/mol. The van der Waals surface area contributed by atoms with E-state index in [4.69, 9.17) is 0 Å². The molecule has 1 aromatic carbocycles. The van der Waals surface area contributed by atoms with Crippen LogP contribution in [0, 0.1) is 0 Å². The van der Waals surface area contributed by atoms with Gasteiger partial charge in [-0.2, -0.15) is 8.42 Å². The van der Waals surface area contributed by atoms with Crippen molar-refractivity contribution in [3.8, 4) is 0 Å². The summed E-state index contributed by atoms with van der Waals surface area (Å²) < 4.78 is 27.1. The van der Waals surface area contributed by atoms with Gasteiger partial charge in [-0.25, -0.2) is 9.97 Å². The second-order valence-electron chi connectivity index (χ2n) is 3.63. The van der Waals surface area contributed by atoms with E-state index in [0.29, 0.717) is 15.4 Å². The van der Waals surface area contributed by atoms with Crippen molar-refractivity contribution in [2.24, 2.45) is 0 Å². The highest BCUT2D eigenvalue weighted by Crippen LogP contribution is 2.10. The maximum atomic E-state index is 12.0. The molecule has 3 aromatic rings. The Balaban J connectivity index is 2.00. The smallest absolute Gasteiger partial charge is 0.264 e. The zero-order valence-corrected chi connectivity index (χ0v) is 10.3. The van der Waals surface area contributed by atoms with Crippen LogP contribution in [-0.4, -0.2) is 32.8 Å². The lowest BCUT2D eigenvalue weighted by Gasteiger charge is -2.05. The van der Waals surface area contributed by atoms with Crippen LogP contribution in [0.2, 0.25) is 0 Å². The molecule has 0 aliphatic rings. The number of benzene rings is 1. The topological polar surface area (TPSA) is 103 Å². The molecule has 96 valence electrons. The van der Waals surface area contributed by atoms with Crippen molar-refractivity contribution in [2.45, 2.75) is 0 Å². The molecule has 0 saturated carbocycles. The Labute approximate surface area is 108 Å². The summed E-state index contributed by atoms with van der Waals surface area (Å²) in [5.41, 5.74) is 0.948. The van der Waals surface area contributed by atoms with E-state index in [9.17, 15) is 8.42 Å². The van der Waals surface area contributed by atoms with Gasteiger partial charge in [0.05, 0.1) is 11.9 Å². The summed E-state index contributed by atoms with van der Waals surface area (Å²) in [6.45, 7) is 0. The highest BCUT2D eigenvalue weighted by atomic mass is 32.2. The van der Waals surface area contributed by atoms with Gasteiger partial charge in [-0.1, -0.05) is 18.2 Å². The van der Waals surface area contributed by atoms with Crippen molar-refractivity contribution in [1.29, 1.82) is 0 Å². The number of fused-ring (bicyclic) bond motifs is 1. The molecule has 0 bridgehead atoms. The number of nitrogens with zero attached hydrogens (tertiary/aromatic N) is 5. The van der Waals surface area contributed by atoms with Gasteiger partial charge >= 0.3 is 10.2 Å². The van der Waals surface area contributed by atoms with E-state index in [1.807, 2.05) is 0 Å². The average Bonchev–Trinajstić information content (AvgIpc) is 2.84. The number of hydrogen-bond donors (Lipinski definition) is 1. The van der Waals surface area contributed by atoms with Crippen molar-refractivity contribution in [3.05, 3.63) is 42.9 Å². The third-order valence-corrected chi connectivity index (χ3v) is 3.37. The fraction of sp³-hybridized carbons (Fsp3) is 0. The summed E-state index contributed by atoms with van der Waals surface area (Å²) in [7, 11) is -3.90. The molecule has 2 heterocycles. The van der Waals surface area contributed by atoms with E-state index in [1.54, 1.807) is 30.3 Å². The molecule has 0 aliphatic heterocycles. The van der Waals surface area contributed by atoms with Crippen molar-refractivity contribution < 1.29 is 8.42 Å². The molecule has 0 aliphatic carbocycles. The molecule has 0 atom stereocenters. The van der Waals surface area contributed by atoms with E-state index >= 15 is 0 Å². The molecule has 19 heavy (non-hydrogen) atoms. The molecule has 0 radical (unpaired) electrons.